The van der Waals surface area contributed by atoms with Gasteiger partial charge in [-0.1, -0.05) is 15.9 Å². The van der Waals surface area contributed by atoms with Gasteiger partial charge in [0.1, 0.15) is 6.26 Å². The van der Waals surface area contributed by atoms with Crippen LogP contribution in [-0.4, -0.2) is 28.3 Å². The summed E-state index contributed by atoms with van der Waals surface area (Å²) in [7, 11) is 0. The summed E-state index contributed by atoms with van der Waals surface area (Å²) >= 11 is 2.38. The summed E-state index contributed by atoms with van der Waals surface area (Å²) in [5, 5.41) is -0.656. The zero-order valence-corrected chi connectivity index (χ0v) is 11.3. The molecule has 0 unspecified atom stereocenters. The fraction of sp³-hybridized carbons (Fsp3) is 0.375. The monoisotopic (exact) mass is 348 g/mol. The minimum absolute atomic E-state index is 0.234. The summed E-state index contributed by atoms with van der Waals surface area (Å²) in [6.45, 7) is 1.82. The number of rotatable bonds is 1. The van der Waals surface area contributed by atoms with Crippen molar-refractivity contribution in [2.24, 2.45) is 11.5 Å². The lowest BCUT2D eigenvalue weighted by atomic mass is 10.4. The highest BCUT2D eigenvalue weighted by molar-refractivity contribution is 9.09. The van der Waals surface area contributed by atoms with Crippen molar-refractivity contribution in [2.45, 2.75) is 13.1 Å². The third-order valence-electron chi connectivity index (χ3n) is 1.07. The van der Waals surface area contributed by atoms with Gasteiger partial charge in [-0.25, -0.2) is 4.79 Å². The Morgan fingerprint density at radius 3 is 1.89 bits per heavy atom. The Hall–Kier alpha value is -1.78. The molecule has 1 aromatic heterocycles. The van der Waals surface area contributed by atoms with E-state index >= 15 is 0 Å². The van der Waals surface area contributed by atoms with Gasteiger partial charge in [0, 0.05) is 0 Å². The number of oxazole rings is 1. The zero-order chi connectivity index (χ0) is 15.6. The number of urea groups is 1. The van der Waals surface area contributed by atoms with Crippen LogP contribution in [0.4, 0.5) is 24.0 Å². The number of halogens is 4. The molecule has 7 nitrogen and oxygen atoms in total. The number of alkyl halides is 4. The van der Waals surface area contributed by atoms with E-state index in [-0.39, 0.29) is 6.01 Å². The van der Waals surface area contributed by atoms with E-state index in [9.17, 15) is 18.0 Å². The second-order valence-electron chi connectivity index (χ2n) is 2.78. The molecule has 0 atom stereocenters. The average Bonchev–Trinajstić information content (AvgIpc) is 2.60. The molecule has 0 radical (unpaired) electrons. The largest absolute Gasteiger partial charge is 0.450 e. The molecule has 6 N–H and O–H groups in total. The molecule has 0 aliphatic rings. The number of Topliss-reactive ketones (excluding diaryl/α,β-unsaturated/α-hetero) is 1. The van der Waals surface area contributed by atoms with Gasteiger partial charge in [0.15, 0.2) is 0 Å². The van der Waals surface area contributed by atoms with Crippen LogP contribution in [0.2, 0.25) is 0 Å². The van der Waals surface area contributed by atoms with E-state index in [1.165, 1.54) is 6.26 Å². The van der Waals surface area contributed by atoms with Gasteiger partial charge < -0.3 is 21.6 Å². The molecule has 0 saturated carbocycles. The van der Waals surface area contributed by atoms with Crippen molar-refractivity contribution in [1.29, 1.82) is 0 Å². The molecule has 2 amide bonds. The summed E-state index contributed by atoms with van der Waals surface area (Å²) < 4.78 is 37.8. The van der Waals surface area contributed by atoms with Crippen LogP contribution >= 0.6 is 15.9 Å². The fourth-order valence-electron chi connectivity index (χ4n) is 0.448. The summed E-state index contributed by atoms with van der Waals surface area (Å²) in [6.07, 6.45) is -3.17. The molecule has 0 aliphatic heterocycles. The number of carbonyl (C=O) groups is 2. The average molecular weight is 349 g/mol. The Bertz CT molecular complexity index is 388. The lowest BCUT2D eigenvalue weighted by Gasteiger charge is -1.98. The van der Waals surface area contributed by atoms with Crippen LogP contribution in [0.3, 0.4) is 0 Å². The summed E-state index contributed by atoms with van der Waals surface area (Å²) in [6, 6.07) is -0.600. The van der Waals surface area contributed by atoms with Crippen LogP contribution in [0, 0.1) is 6.92 Å². The Kier molecular flexibility index (Phi) is 9.46. The van der Waals surface area contributed by atoms with Gasteiger partial charge in [-0.2, -0.15) is 18.2 Å². The number of ketones is 1. The van der Waals surface area contributed by atoms with E-state index in [2.05, 4.69) is 36.8 Å². The number of hydrogen-bond donors (Lipinski definition) is 3. The standard InChI is InChI=1S/C4H6N2O.C3H2BrF3O.CH4N2O/c1-3-2-7-4(5)6-3;4-1-2(8)3(5,6)7;2-1(3)4/h2H,1H3,(H2,5,6);1H2;(H4,2,3,4). The van der Waals surface area contributed by atoms with Crippen molar-refractivity contribution in [3.63, 3.8) is 0 Å². The first-order valence-corrected chi connectivity index (χ1v) is 5.51. The van der Waals surface area contributed by atoms with Crippen molar-refractivity contribution in [1.82, 2.24) is 4.98 Å². The normalized spacial score (nSPS) is 9.53. The smallest absolute Gasteiger partial charge is 0.432 e. The first-order valence-electron chi connectivity index (χ1n) is 4.39. The van der Waals surface area contributed by atoms with Crippen molar-refractivity contribution >= 4 is 33.8 Å². The highest BCUT2D eigenvalue weighted by atomic mass is 79.9. The van der Waals surface area contributed by atoms with Crippen molar-refractivity contribution < 1.29 is 27.2 Å². The van der Waals surface area contributed by atoms with Gasteiger partial charge in [0.05, 0.1) is 11.0 Å². The molecule has 110 valence electrons. The van der Waals surface area contributed by atoms with Gasteiger partial charge in [0.2, 0.25) is 5.78 Å². The molecule has 0 bridgehead atoms. The predicted octanol–water partition coefficient (Wildman–Crippen LogP) is 1.10. The molecule has 1 rings (SSSR count). The van der Waals surface area contributed by atoms with Gasteiger partial charge in [-0.3, -0.25) is 4.79 Å². The lowest BCUT2D eigenvalue weighted by molar-refractivity contribution is -0.167. The first kappa shape index (κ1) is 19.6. The Balaban J connectivity index is 0. The Labute approximate surface area is 114 Å². The van der Waals surface area contributed by atoms with E-state index in [1.54, 1.807) is 0 Å². The maximum Gasteiger partial charge on any atom is 0.450 e. The summed E-state index contributed by atoms with van der Waals surface area (Å²) in [4.78, 5) is 22.4. The van der Waals surface area contributed by atoms with Crippen LogP contribution in [-0.2, 0) is 4.79 Å². The van der Waals surface area contributed by atoms with Crippen molar-refractivity contribution in [3.05, 3.63) is 12.0 Å². The molecule has 0 saturated heterocycles. The van der Waals surface area contributed by atoms with E-state index in [0.717, 1.165) is 5.69 Å². The number of anilines is 1. The van der Waals surface area contributed by atoms with Crippen LogP contribution < -0.4 is 17.2 Å². The first-order chi connectivity index (χ1) is 8.50. The van der Waals surface area contributed by atoms with Crippen LogP contribution in [0.5, 0.6) is 0 Å². The van der Waals surface area contributed by atoms with Gasteiger partial charge >= 0.3 is 12.2 Å². The topological polar surface area (TPSA) is 138 Å². The predicted molar refractivity (Wildman–Crippen MR) is 64.3 cm³/mol. The number of aryl methyl sites for hydroxylation is 1. The van der Waals surface area contributed by atoms with E-state index < -0.39 is 23.3 Å². The Morgan fingerprint density at radius 1 is 1.42 bits per heavy atom. The maximum absolute atomic E-state index is 11.1. The number of carbonyl (C=O) groups excluding carboxylic acids is 2. The number of aromatic nitrogens is 1. The third kappa shape index (κ3) is 14.2. The molecule has 1 heterocycles. The molecule has 19 heavy (non-hydrogen) atoms. The quantitative estimate of drug-likeness (QED) is 0.652. The van der Waals surface area contributed by atoms with E-state index in [0.29, 0.717) is 0 Å². The third-order valence-corrected chi connectivity index (χ3v) is 1.58. The minimum atomic E-state index is -4.68. The van der Waals surface area contributed by atoms with Gasteiger partial charge in [-0.15, -0.1) is 0 Å². The number of primary amides is 2. The molecule has 11 heteroatoms. The second kappa shape index (κ2) is 9.19. The molecular weight excluding hydrogens is 337 g/mol. The van der Waals surface area contributed by atoms with Crippen molar-refractivity contribution in [3.8, 4) is 0 Å². The highest BCUT2D eigenvalue weighted by Crippen LogP contribution is 2.16. The SMILES string of the molecule is Cc1coc(N)n1.NC(N)=O.O=C(CBr)C(F)(F)F. The van der Waals surface area contributed by atoms with Gasteiger partial charge in [0.25, 0.3) is 6.01 Å². The number of nitrogens with two attached hydrogens (primary N) is 3. The summed E-state index contributed by atoms with van der Waals surface area (Å²) in [5.74, 6) is -1.75. The molecular formula is C8H12BrF3N4O3. The van der Waals surface area contributed by atoms with Crippen molar-refractivity contribution in [2.75, 3.05) is 11.1 Å². The molecule has 0 spiro atoms. The summed E-state index contributed by atoms with van der Waals surface area (Å²) in [5.41, 5.74) is 14.4. The highest BCUT2D eigenvalue weighted by Gasteiger charge is 2.36. The fourth-order valence-corrected chi connectivity index (χ4v) is 0.766. The Morgan fingerprint density at radius 2 is 1.84 bits per heavy atom. The van der Waals surface area contributed by atoms with Gasteiger partial charge in [-0.05, 0) is 6.92 Å². The lowest BCUT2D eigenvalue weighted by Crippen LogP contribution is -2.23. The van der Waals surface area contributed by atoms with Crippen LogP contribution in [0.25, 0.3) is 0 Å². The van der Waals surface area contributed by atoms with Crippen LogP contribution in [0.1, 0.15) is 5.69 Å². The van der Waals surface area contributed by atoms with Crippen LogP contribution in [0.15, 0.2) is 10.7 Å². The molecule has 0 aliphatic carbocycles. The number of nitrogens with zero attached hydrogens (tertiary/aromatic N) is 1. The minimum Gasteiger partial charge on any atom is -0.432 e. The number of nitrogen functional groups attached to an aromatic ring is 1. The zero-order valence-electron chi connectivity index (χ0n) is 9.70. The van der Waals surface area contributed by atoms with E-state index in [1.807, 2.05) is 6.92 Å². The molecule has 0 fully saturated rings. The number of hydrogen-bond acceptors (Lipinski definition) is 5. The second-order valence-corrected chi connectivity index (χ2v) is 3.34. The van der Waals surface area contributed by atoms with E-state index in [4.69, 9.17) is 10.5 Å². The molecule has 0 aromatic carbocycles. The maximum atomic E-state index is 11.1. The number of amides is 2. The molecule has 1 aromatic rings.